The SMILES string of the molecule is CC(C)Nc1cccc(OCCCN(Cc2cccc(C(F)(F)P)c2Cl)CC(c2ccccc2)c2ccccc2)c1. The molecule has 0 bridgehead atoms. The summed E-state index contributed by atoms with van der Waals surface area (Å²) in [6.07, 6.45) is 0.759. The maximum atomic E-state index is 14.2. The molecule has 1 atom stereocenters. The van der Waals surface area contributed by atoms with Crippen molar-refractivity contribution >= 4 is 26.5 Å². The molecule has 3 nitrogen and oxygen atoms in total. The highest BCUT2D eigenvalue weighted by Crippen LogP contribution is 2.40. The molecule has 0 heterocycles. The lowest BCUT2D eigenvalue weighted by molar-refractivity contribution is 0.104. The molecular formula is C34H38ClF2N2OP. The van der Waals surface area contributed by atoms with Gasteiger partial charge in [-0.2, -0.15) is 8.78 Å². The summed E-state index contributed by atoms with van der Waals surface area (Å²) in [6, 6.07) is 33.9. The molecule has 7 heteroatoms. The van der Waals surface area contributed by atoms with Gasteiger partial charge >= 0.3 is 0 Å². The molecule has 1 unspecified atom stereocenters. The van der Waals surface area contributed by atoms with Crippen molar-refractivity contribution in [3.05, 3.63) is 130 Å². The van der Waals surface area contributed by atoms with Crippen LogP contribution in [0, 0.1) is 0 Å². The molecule has 0 saturated carbocycles. The fourth-order valence-corrected chi connectivity index (χ4v) is 5.60. The van der Waals surface area contributed by atoms with Gasteiger partial charge in [-0.15, -0.1) is 0 Å². The highest BCUT2D eigenvalue weighted by molar-refractivity contribution is 7.17. The molecule has 0 radical (unpaired) electrons. The zero-order chi connectivity index (χ0) is 29.2. The molecule has 0 aliphatic heterocycles. The van der Waals surface area contributed by atoms with Crippen LogP contribution in [0.25, 0.3) is 0 Å². The van der Waals surface area contributed by atoms with E-state index in [9.17, 15) is 8.78 Å². The highest BCUT2D eigenvalue weighted by Gasteiger charge is 2.29. The standard InChI is InChI=1S/C34H38ClF2N2OP/c1-25(2)38-29-17-10-18-30(22-29)40-21-11-20-39(23-28-16-9-19-32(33(28)35)34(36,37)41)24-31(26-12-5-3-6-13-26)27-14-7-4-8-15-27/h3-10,12-19,22,25,31,38H,11,20-21,23-24,41H2,1-2H3. The summed E-state index contributed by atoms with van der Waals surface area (Å²) in [6.45, 7) is 6.57. The number of rotatable bonds is 14. The maximum Gasteiger partial charge on any atom is 0.285 e. The van der Waals surface area contributed by atoms with Crippen molar-refractivity contribution in [1.29, 1.82) is 0 Å². The third-order valence-corrected chi connectivity index (χ3v) is 7.61. The summed E-state index contributed by atoms with van der Waals surface area (Å²) < 4.78 is 34.6. The Labute approximate surface area is 250 Å². The van der Waals surface area contributed by atoms with Crippen LogP contribution >= 0.6 is 20.8 Å². The van der Waals surface area contributed by atoms with E-state index < -0.39 is 5.66 Å². The molecule has 4 aromatic rings. The number of hydrogen-bond donors (Lipinski definition) is 1. The summed E-state index contributed by atoms with van der Waals surface area (Å²) >= 11 is 6.55. The lowest BCUT2D eigenvalue weighted by atomic mass is 9.90. The molecule has 4 aromatic carbocycles. The third-order valence-electron chi connectivity index (χ3n) is 6.85. The van der Waals surface area contributed by atoms with E-state index in [1.54, 1.807) is 15.3 Å². The van der Waals surface area contributed by atoms with Gasteiger partial charge in [0.2, 0.25) is 0 Å². The second-order valence-corrected chi connectivity index (χ2v) is 11.6. The molecule has 0 aromatic heterocycles. The van der Waals surface area contributed by atoms with Crippen LogP contribution < -0.4 is 10.1 Å². The molecule has 4 rings (SSSR count). The number of alkyl halides is 2. The van der Waals surface area contributed by atoms with Crippen molar-refractivity contribution < 1.29 is 13.5 Å². The van der Waals surface area contributed by atoms with E-state index in [0.717, 1.165) is 17.9 Å². The Bertz CT molecular complexity index is 1330. The number of halogens is 3. The lowest BCUT2D eigenvalue weighted by Gasteiger charge is -2.29. The predicted molar refractivity (Wildman–Crippen MR) is 170 cm³/mol. The third kappa shape index (κ3) is 9.26. The van der Waals surface area contributed by atoms with Crippen LogP contribution in [0.3, 0.4) is 0 Å². The van der Waals surface area contributed by atoms with E-state index in [0.29, 0.717) is 37.8 Å². The number of nitrogens with one attached hydrogen (secondary N) is 1. The highest BCUT2D eigenvalue weighted by atomic mass is 35.5. The van der Waals surface area contributed by atoms with Gasteiger partial charge in [0, 0.05) is 48.9 Å². The van der Waals surface area contributed by atoms with E-state index in [1.807, 2.05) is 66.7 Å². The second-order valence-electron chi connectivity index (χ2n) is 10.5. The van der Waals surface area contributed by atoms with Gasteiger partial charge in [-0.25, -0.2) is 0 Å². The molecular weight excluding hydrogens is 557 g/mol. The quantitative estimate of drug-likeness (QED) is 0.116. The van der Waals surface area contributed by atoms with Gasteiger partial charge in [-0.1, -0.05) is 106 Å². The minimum Gasteiger partial charge on any atom is -0.493 e. The lowest BCUT2D eigenvalue weighted by Crippen LogP contribution is -2.31. The fourth-order valence-electron chi connectivity index (χ4n) is 4.95. The summed E-state index contributed by atoms with van der Waals surface area (Å²) in [5, 5.41) is 3.51. The Hall–Kier alpha value is -2.98. The van der Waals surface area contributed by atoms with Crippen LogP contribution in [0.1, 0.15) is 48.4 Å². The number of nitrogens with zero attached hydrogens (tertiary/aromatic N) is 1. The van der Waals surface area contributed by atoms with Crippen LogP contribution in [-0.2, 0) is 12.2 Å². The average Bonchev–Trinajstić information content (AvgIpc) is 2.95. The van der Waals surface area contributed by atoms with Crippen molar-refractivity contribution in [2.75, 3.05) is 25.0 Å². The van der Waals surface area contributed by atoms with Crippen LogP contribution in [0.2, 0.25) is 5.02 Å². The number of hydrogen-bond acceptors (Lipinski definition) is 3. The van der Waals surface area contributed by atoms with Crippen molar-refractivity contribution in [3.63, 3.8) is 0 Å². The van der Waals surface area contributed by atoms with Gasteiger partial charge in [0.25, 0.3) is 5.66 Å². The minimum atomic E-state index is -3.10. The predicted octanol–water partition coefficient (Wildman–Crippen LogP) is 9.19. The Kier molecular flexibility index (Phi) is 11.2. The molecule has 0 amide bonds. The first-order valence-corrected chi connectivity index (χ1v) is 14.9. The smallest absolute Gasteiger partial charge is 0.285 e. The van der Waals surface area contributed by atoms with Gasteiger partial charge < -0.3 is 10.1 Å². The topological polar surface area (TPSA) is 24.5 Å². The summed E-state index contributed by atoms with van der Waals surface area (Å²) in [4.78, 5) is 2.29. The number of benzene rings is 4. The zero-order valence-electron chi connectivity index (χ0n) is 23.6. The van der Waals surface area contributed by atoms with E-state index in [4.69, 9.17) is 16.3 Å². The first-order valence-electron chi connectivity index (χ1n) is 14.0. The molecule has 0 aliphatic carbocycles. The van der Waals surface area contributed by atoms with Crippen molar-refractivity contribution in [3.8, 4) is 5.75 Å². The molecule has 0 aliphatic rings. The molecule has 0 saturated heterocycles. The largest absolute Gasteiger partial charge is 0.493 e. The van der Waals surface area contributed by atoms with Crippen LogP contribution in [0.15, 0.2) is 103 Å². The van der Waals surface area contributed by atoms with E-state index in [2.05, 4.69) is 48.3 Å². The molecule has 1 N–H and O–H groups in total. The van der Waals surface area contributed by atoms with Crippen LogP contribution in [-0.4, -0.2) is 30.6 Å². The Morgan fingerprint density at radius 3 is 2.12 bits per heavy atom. The molecule has 0 spiro atoms. The normalized spacial score (nSPS) is 11.8. The fraction of sp³-hybridized carbons (Fsp3) is 0.294. The first-order chi connectivity index (χ1) is 19.7. The van der Waals surface area contributed by atoms with Crippen molar-refractivity contribution in [2.24, 2.45) is 0 Å². The minimum absolute atomic E-state index is 0.0993. The van der Waals surface area contributed by atoms with E-state index >= 15 is 0 Å². The van der Waals surface area contributed by atoms with Gasteiger partial charge in [0.05, 0.1) is 11.6 Å². The Morgan fingerprint density at radius 2 is 1.51 bits per heavy atom. The zero-order valence-corrected chi connectivity index (χ0v) is 25.5. The Balaban J connectivity index is 1.54. The Morgan fingerprint density at radius 1 is 0.878 bits per heavy atom. The number of anilines is 1. The second kappa shape index (κ2) is 14.8. The molecule has 216 valence electrons. The molecule has 0 fully saturated rings. The van der Waals surface area contributed by atoms with Gasteiger partial charge in [0.1, 0.15) is 5.75 Å². The van der Waals surface area contributed by atoms with Crippen LogP contribution in [0.5, 0.6) is 5.75 Å². The summed E-state index contributed by atoms with van der Waals surface area (Å²) in [5.41, 5.74) is 0.827. The average molecular weight is 595 g/mol. The van der Waals surface area contributed by atoms with E-state index in [-0.39, 0.29) is 16.5 Å². The van der Waals surface area contributed by atoms with Gasteiger partial charge in [-0.3, -0.25) is 4.90 Å². The van der Waals surface area contributed by atoms with Crippen molar-refractivity contribution in [1.82, 2.24) is 4.90 Å². The first kappa shape index (κ1) is 31.0. The van der Waals surface area contributed by atoms with Crippen molar-refractivity contribution in [2.45, 2.75) is 44.4 Å². The van der Waals surface area contributed by atoms with Crippen LogP contribution in [0.4, 0.5) is 14.5 Å². The molecule has 41 heavy (non-hydrogen) atoms. The number of ether oxygens (including phenoxy) is 1. The summed E-state index contributed by atoms with van der Waals surface area (Å²) in [5.74, 6) is 0.911. The summed E-state index contributed by atoms with van der Waals surface area (Å²) in [7, 11) is 1.60. The van der Waals surface area contributed by atoms with E-state index in [1.165, 1.54) is 17.2 Å². The monoisotopic (exact) mass is 594 g/mol. The van der Waals surface area contributed by atoms with Gasteiger partial charge in [-0.05, 0) is 49.1 Å². The maximum absolute atomic E-state index is 14.2. The van der Waals surface area contributed by atoms with Gasteiger partial charge in [0.15, 0.2) is 0 Å².